The van der Waals surface area contributed by atoms with Crippen molar-refractivity contribution in [1.82, 2.24) is 10.2 Å². The molecule has 0 spiro atoms. The number of hydrogen-bond acceptors (Lipinski definition) is 5. The van der Waals surface area contributed by atoms with Gasteiger partial charge in [0, 0.05) is 25.4 Å². The fourth-order valence-corrected chi connectivity index (χ4v) is 4.18. The lowest BCUT2D eigenvalue weighted by Gasteiger charge is -2.30. The summed E-state index contributed by atoms with van der Waals surface area (Å²) in [6, 6.07) is -0.0198. The summed E-state index contributed by atoms with van der Waals surface area (Å²) in [6.07, 6.45) is 3.84. The minimum Gasteiger partial charge on any atom is -0.388 e. The van der Waals surface area contributed by atoms with Crippen LogP contribution in [-0.2, 0) is 9.84 Å². The zero-order chi connectivity index (χ0) is 14.0. The molecule has 0 amide bonds. The van der Waals surface area contributed by atoms with E-state index in [9.17, 15) is 13.5 Å². The summed E-state index contributed by atoms with van der Waals surface area (Å²) in [5, 5.41) is 13.1. The van der Waals surface area contributed by atoms with E-state index in [4.69, 9.17) is 0 Å². The fourth-order valence-electron chi connectivity index (χ4n) is 2.76. The van der Waals surface area contributed by atoms with Gasteiger partial charge in [0.2, 0.25) is 0 Å². The van der Waals surface area contributed by atoms with Crippen molar-refractivity contribution in [3.05, 3.63) is 0 Å². The first kappa shape index (κ1) is 15.9. The Morgan fingerprint density at radius 3 is 2.50 bits per heavy atom. The van der Waals surface area contributed by atoms with Crippen molar-refractivity contribution in [2.45, 2.75) is 43.1 Å². The molecule has 3 unspecified atom stereocenters. The van der Waals surface area contributed by atoms with Gasteiger partial charge in [0.1, 0.15) is 0 Å². The highest BCUT2D eigenvalue weighted by Gasteiger charge is 2.35. The number of nitrogens with one attached hydrogen (secondary N) is 1. The summed E-state index contributed by atoms with van der Waals surface area (Å²) in [4.78, 5) is 1.92. The highest BCUT2D eigenvalue weighted by molar-refractivity contribution is 7.91. The zero-order valence-corrected chi connectivity index (χ0v) is 12.6. The number of hydrogen-bond donors (Lipinski definition) is 2. The van der Waals surface area contributed by atoms with Crippen molar-refractivity contribution >= 4 is 9.84 Å². The molecule has 0 aromatic rings. The van der Waals surface area contributed by atoms with Crippen molar-refractivity contribution in [3.63, 3.8) is 0 Å². The SMILES string of the molecule is CN(C)CC(C)(O)CNC1CCCC1S(C)(=O)=O. The second-order valence-corrected chi connectivity index (χ2v) is 8.29. The van der Waals surface area contributed by atoms with Gasteiger partial charge in [-0.1, -0.05) is 6.42 Å². The molecule has 1 saturated carbocycles. The Bertz CT molecular complexity index is 366. The molecule has 0 heterocycles. The van der Waals surface area contributed by atoms with Crippen LogP contribution in [0.3, 0.4) is 0 Å². The normalized spacial score (nSPS) is 28.6. The first-order valence-corrected chi connectivity index (χ1v) is 8.37. The molecule has 1 fully saturated rings. The van der Waals surface area contributed by atoms with Crippen molar-refractivity contribution in [2.24, 2.45) is 0 Å². The van der Waals surface area contributed by atoms with Crippen LogP contribution in [0, 0.1) is 0 Å². The maximum Gasteiger partial charge on any atom is 0.151 e. The Morgan fingerprint density at radius 2 is 2.00 bits per heavy atom. The van der Waals surface area contributed by atoms with Crippen LogP contribution in [0.1, 0.15) is 26.2 Å². The molecule has 0 bridgehead atoms. The van der Waals surface area contributed by atoms with Crippen molar-refractivity contribution in [3.8, 4) is 0 Å². The number of likely N-dealkylation sites (N-methyl/N-ethyl adjacent to an activating group) is 1. The Hall–Kier alpha value is -0.170. The first-order chi connectivity index (χ1) is 8.12. The molecule has 1 rings (SSSR count). The second-order valence-electron chi connectivity index (χ2n) is 6.02. The number of rotatable bonds is 6. The van der Waals surface area contributed by atoms with Crippen LogP contribution < -0.4 is 5.32 Å². The van der Waals surface area contributed by atoms with E-state index in [-0.39, 0.29) is 11.3 Å². The van der Waals surface area contributed by atoms with Crippen molar-refractivity contribution < 1.29 is 13.5 Å². The maximum absolute atomic E-state index is 11.6. The molecule has 108 valence electrons. The molecule has 5 nitrogen and oxygen atoms in total. The molecular formula is C12H26N2O3S. The highest BCUT2D eigenvalue weighted by atomic mass is 32.2. The van der Waals surface area contributed by atoms with E-state index < -0.39 is 15.4 Å². The van der Waals surface area contributed by atoms with Crippen molar-refractivity contribution in [1.29, 1.82) is 0 Å². The summed E-state index contributed by atoms with van der Waals surface area (Å²) in [5.41, 5.74) is -0.839. The van der Waals surface area contributed by atoms with E-state index in [1.54, 1.807) is 6.92 Å². The van der Waals surface area contributed by atoms with Gasteiger partial charge in [0.25, 0.3) is 0 Å². The Kier molecular flexibility index (Phi) is 5.17. The van der Waals surface area contributed by atoms with Gasteiger partial charge in [-0.15, -0.1) is 0 Å². The Labute approximate surface area is 110 Å². The molecule has 0 aromatic carbocycles. The fraction of sp³-hybridized carbons (Fsp3) is 1.00. The largest absolute Gasteiger partial charge is 0.388 e. The highest BCUT2D eigenvalue weighted by Crippen LogP contribution is 2.25. The Balaban J connectivity index is 2.53. The molecule has 0 aliphatic heterocycles. The van der Waals surface area contributed by atoms with Gasteiger partial charge in [-0.05, 0) is 33.9 Å². The Morgan fingerprint density at radius 1 is 1.39 bits per heavy atom. The van der Waals surface area contributed by atoms with E-state index in [2.05, 4.69) is 5.32 Å². The summed E-state index contributed by atoms with van der Waals surface area (Å²) < 4.78 is 23.3. The van der Waals surface area contributed by atoms with Crippen LogP contribution in [0.25, 0.3) is 0 Å². The smallest absolute Gasteiger partial charge is 0.151 e. The van der Waals surface area contributed by atoms with Crippen LogP contribution in [0.5, 0.6) is 0 Å². The van der Waals surface area contributed by atoms with Gasteiger partial charge < -0.3 is 15.3 Å². The molecule has 18 heavy (non-hydrogen) atoms. The molecule has 0 radical (unpaired) electrons. The van der Waals surface area contributed by atoms with Gasteiger partial charge in [0.15, 0.2) is 9.84 Å². The first-order valence-electron chi connectivity index (χ1n) is 6.41. The minimum absolute atomic E-state index is 0.0198. The zero-order valence-electron chi connectivity index (χ0n) is 11.8. The van der Waals surface area contributed by atoms with Crippen LogP contribution >= 0.6 is 0 Å². The molecule has 6 heteroatoms. The van der Waals surface area contributed by atoms with E-state index in [0.717, 1.165) is 19.3 Å². The third kappa shape index (κ3) is 4.84. The quantitative estimate of drug-likeness (QED) is 0.707. The minimum atomic E-state index is -3.00. The van der Waals surface area contributed by atoms with Gasteiger partial charge in [-0.2, -0.15) is 0 Å². The van der Waals surface area contributed by atoms with E-state index >= 15 is 0 Å². The van der Waals surface area contributed by atoms with Gasteiger partial charge >= 0.3 is 0 Å². The topological polar surface area (TPSA) is 69.6 Å². The van der Waals surface area contributed by atoms with Gasteiger partial charge in [-0.3, -0.25) is 0 Å². The lowest BCUT2D eigenvalue weighted by atomic mass is 10.1. The molecule has 0 aromatic heterocycles. The number of nitrogens with zero attached hydrogens (tertiary/aromatic N) is 1. The van der Waals surface area contributed by atoms with Gasteiger partial charge in [0.05, 0.1) is 10.9 Å². The van der Waals surface area contributed by atoms with Crippen LogP contribution in [-0.4, -0.2) is 68.8 Å². The van der Waals surface area contributed by atoms with Crippen molar-refractivity contribution in [2.75, 3.05) is 33.4 Å². The average molecular weight is 278 g/mol. The standard InChI is InChI=1S/C12H26N2O3S/c1-12(15,9-14(2)3)8-13-10-6-5-7-11(10)18(4,16)17/h10-11,13,15H,5-9H2,1-4H3. The summed E-state index contributed by atoms with van der Waals surface area (Å²) in [6.45, 7) is 2.74. The van der Waals surface area contributed by atoms with E-state index in [1.807, 2.05) is 19.0 Å². The molecule has 1 aliphatic carbocycles. The van der Waals surface area contributed by atoms with Gasteiger partial charge in [-0.25, -0.2) is 8.42 Å². The van der Waals surface area contributed by atoms with Crippen LogP contribution in [0.4, 0.5) is 0 Å². The van der Waals surface area contributed by atoms with E-state index in [1.165, 1.54) is 6.26 Å². The summed E-state index contributed by atoms with van der Waals surface area (Å²) in [7, 11) is 0.815. The lowest BCUT2D eigenvalue weighted by molar-refractivity contribution is 0.0315. The summed E-state index contributed by atoms with van der Waals surface area (Å²) in [5.74, 6) is 0. The van der Waals surface area contributed by atoms with Crippen LogP contribution in [0.15, 0.2) is 0 Å². The predicted octanol–water partition coefficient (Wildman–Crippen LogP) is -0.146. The predicted molar refractivity (Wildman–Crippen MR) is 73.5 cm³/mol. The maximum atomic E-state index is 11.6. The van der Waals surface area contributed by atoms with Crippen LogP contribution in [0.2, 0.25) is 0 Å². The number of sulfone groups is 1. The summed E-state index contributed by atoms with van der Waals surface area (Å²) >= 11 is 0. The monoisotopic (exact) mass is 278 g/mol. The molecule has 0 saturated heterocycles. The molecule has 3 atom stereocenters. The number of aliphatic hydroxyl groups is 1. The molecule has 1 aliphatic rings. The third-order valence-electron chi connectivity index (χ3n) is 3.40. The van der Waals surface area contributed by atoms with E-state index in [0.29, 0.717) is 13.1 Å². The average Bonchev–Trinajstić information content (AvgIpc) is 2.59. The lowest BCUT2D eigenvalue weighted by Crippen LogP contribution is -2.50. The molecular weight excluding hydrogens is 252 g/mol. The second kappa shape index (κ2) is 5.86. The molecule has 2 N–H and O–H groups in total. The third-order valence-corrected chi connectivity index (χ3v) is 5.07.